The van der Waals surface area contributed by atoms with E-state index in [2.05, 4.69) is 74.6 Å². The van der Waals surface area contributed by atoms with Crippen LogP contribution in [0.3, 0.4) is 0 Å². The smallest absolute Gasteiger partial charge is 0.306 e. The SMILES string of the molecule is CCCCC/C=C/C/C=C/C/C=C/C/C=C/C/C=C/CCC(=O)O[C@H](COC(=O)CCCCCCCCCCC/C=C/CCCCCC)CO[C@H]1O[C@@H](CO[C@H]2O[C@@H](CO)[C@@H](O)C(O)C2O)[C@@H](O)C(O)C1O. The van der Waals surface area contributed by atoms with Crippen molar-refractivity contribution in [2.45, 2.75) is 248 Å². The topological polar surface area (TPSA) is 231 Å². The summed E-state index contributed by atoms with van der Waals surface area (Å²) < 4.78 is 33.5. The molecule has 2 fully saturated rings. The molecule has 2 saturated heterocycles. The van der Waals surface area contributed by atoms with Crippen molar-refractivity contribution in [2.75, 3.05) is 26.4 Å². The first kappa shape index (κ1) is 65.1. The molecule has 414 valence electrons. The summed E-state index contributed by atoms with van der Waals surface area (Å²) in [5, 5.41) is 72.2. The molecule has 0 aromatic carbocycles. The Labute approximate surface area is 432 Å². The lowest BCUT2D eigenvalue weighted by Crippen LogP contribution is -2.61. The number of aliphatic hydroxyl groups is 7. The first-order valence-corrected chi connectivity index (χ1v) is 27.5. The molecule has 0 aromatic heterocycles. The number of esters is 2. The molecule has 15 heteroatoms. The standard InChI is InChI=1S/C57H96O15/c1-3-5-7-9-11-13-15-17-19-21-22-24-26-28-30-32-34-36-38-40-49(60)70-45(42-67-48(59)39-37-35-33-31-29-27-25-23-20-18-16-14-12-10-8-6-4-2)43-68-56-55(66)53(64)51(62)47(72-56)44-69-57-54(65)52(63)50(61)46(41-58)71-57/h11,13-14,16-17,19,22,24,28,30,34,36,45-47,50-58,61-66H,3-10,12,15,18,20-21,23,25-27,29,31-33,35,37-44H2,1-2H3/b13-11+,16-14+,19-17+,24-22+,30-28+,36-34+/t45-,46+,47+,50-,51-,52?,53?,54?,55?,56+,57+/m1/s1. The second kappa shape index (κ2) is 43.2. The average molecular weight is 1020 g/mol. The van der Waals surface area contributed by atoms with Gasteiger partial charge in [-0.15, -0.1) is 0 Å². The van der Waals surface area contributed by atoms with Gasteiger partial charge in [-0.25, -0.2) is 0 Å². The summed E-state index contributed by atoms with van der Waals surface area (Å²) in [7, 11) is 0. The van der Waals surface area contributed by atoms with Crippen LogP contribution in [0, 0.1) is 0 Å². The van der Waals surface area contributed by atoms with E-state index in [0.717, 1.165) is 51.4 Å². The Morgan fingerprint density at radius 1 is 0.444 bits per heavy atom. The highest BCUT2D eigenvalue weighted by Gasteiger charge is 2.47. The molecule has 4 unspecified atom stereocenters. The van der Waals surface area contributed by atoms with Gasteiger partial charge in [-0.3, -0.25) is 9.59 Å². The number of carbonyl (C=O) groups is 2. The summed E-state index contributed by atoms with van der Waals surface area (Å²) in [5.41, 5.74) is 0. The molecular weight excluding hydrogens is 925 g/mol. The van der Waals surface area contributed by atoms with Gasteiger partial charge in [-0.1, -0.05) is 164 Å². The number of ether oxygens (including phenoxy) is 6. The second-order valence-electron chi connectivity index (χ2n) is 19.0. The van der Waals surface area contributed by atoms with Crippen molar-refractivity contribution in [3.63, 3.8) is 0 Å². The van der Waals surface area contributed by atoms with Gasteiger partial charge in [0.2, 0.25) is 0 Å². The van der Waals surface area contributed by atoms with E-state index in [1.807, 2.05) is 12.2 Å². The van der Waals surface area contributed by atoms with E-state index in [0.29, 0.717) is 19.3 Å². The van der Waals surface area contributed by atoms with E-state index < -0.39 is 99.3 Å². The molecule has 2 aliphatic heterocycles. The molecule has 15 nitrogen and oxygen atoms in total. The molecule has 0 radical (unpaired) electrons. The third-order valence-electron chi connectivity index (χ3n) is 12.7. The Bertz CT molecular complexity index is 1530. The van der Waals surface area contributed by atoms with Crippen LogP contribution in [0.15, 0.2) is 72.9 Å². The van der Waals surface area contributed by atoms with Crippen LogP contribution < -0.4 is 0 Å². The molecule has 2 aliphatic rings. The van der Waals surface area contributed by atoms with Crippen LogP contribution in [-0.4, -0.2) is 142 Å². The van der Waals surface area contributed by atoms with Crippen LogP contribution in [0.2, 0.25) is 0 Å². The lowest BCUT2D eigenvalue weighted by Gasteiger charge is -2.42. The third-order valence-corrected chi connectivity index (χ3v) is 12.7. The summed E-state index contributed by atoms with van der Waals surface area (Å²) in [5.74, 6) is -1.03. The summed E-state index contributed by atoms with van der Waals surface area (Å²) in [6.07, 6.45) is 35.0. The van der Waals surface area contributed by atoms with Crippen molar-refractivity contribution in [2.24, 2.45) is 0 Å². The predicted molar refractivity (Wildman–Crippen MR) is 279 cm³/mol. The third kappa shape index (κ3) is 30.3. The second-order valence-corrected chi connectivity index (χ2v) is 19.0. The molecule has 0 saturated carbocycles. The Hall–Kier alpha value is -3.06. The number of carbonyl (C=O) groups excluding carboxylic acids is 2. The van der Waals surface area contributed by atoms with Gasteiger partial charge < -0.3 is 64.2 Å². The van der Waals surface area contributed by atoms with Gasteiger partial charge in [0.1, 0.15) is 55.4 Å². The van der Waals surface area contributed by atoms with Crippen LogP contribution in [0.4, 0.5) is 0 Å². The average Bonchev–Trinajstić information content (AvgIpc) is 3.37. The number of hydrogen-bond acceptors (Lipinski definition) is 15. The largest absolute Gasteiger partial charge is 0.462 e. The van der Waals surface area contributed by atoms with Gasteiger partial charge in [0.05, 0.1) is 19.8 Å². The molecule has 0 aliphatic carbocycles. The summed E-state index contributed by atoms with van der Waals surface area (Å²) >= 11 is 0. The Morgan fingerprint density at radius 2 is 0.861 bits per heavy atom. The zero-order valence-corrected chi connectivity index (χ0v) is 43.9. The maximum Gasteiger partial charge on any atom is 0.306 e. The Morgan fingerprint density at radius 3 is 1.40 bits per heavy atom. The first-order valence-electron chi connectivity index (χ1n) is 27.5. The fraction of sp³-hybridized carbons (Fsp3) is 0.754. The molecule has 0 aromatic rings. The highest BCUT2D eigenvalue weighted by atomic mass is 16.7. The fourth-order valence-corrected chi connectivity index (χ4v) is 8.13. The molecule has 11 atom stereocenters. The summed E-state index contributed by atoms with van der Waals surface area (Å²) in [6.45, 7) is 2.47. The molecule has 0 bridgehead atoms. The van der Waals surface area contributed by atoms with E-state index >= 15 is 0 Å². The number of unbranched alkanes of at least 4 members (excludes halogenated alkanes) is 16. The highest BCUT2D eigenvalue weighted by Crippen LogP contribution is 2.26. The predicted octanol–water partition coefficient (Wildman–Crippen LogP) is 8.60. The Kier molecular flexibility index (Phi) is 39.0. The van der Waals surface area contributed by atoms with Gasteiger partial charge in [-0.05, 0) is 77.0 Å². The van der Waals surface area contributed by atoms with Crippen LogP contribution in [0.25, 0.3) is 0 Å². The van der Waals surface area contributed by atoms with E-state index in [9.17, 15) is 45.3 Å². The van der Waals surface area contributed by atoms with Gasteiger partial charge in [-0.2, -0.15) is 0 Å². The van der Waals surface area contributed by atoms with E-state index in [-0.39, 0.29) is 19.4 Å². The number of rotatable bonds is 42. The minimum Gasteiger partial charge on any atom is -0.462 e. The molecule has 0 amide bonds. The molecule has 2 rings (SSSR count). The summed E-state index contributed by atoms with van der Waals surface area (Å²) in [6, 6.07) is 0. The van der Waals surface area contributed by atoms with Gasteiger partial charge in [0, 0.05) is 12.8 Å². The highest BCUT2D eigenvalue weighted by molar-refractivity contribution is 5.70. The summed E-state index contributed by atoms with van der Waals surface area (Å²) in [4.78, 5) is 25.8. The maximum atomic E-state index is 13.0. The molecule has 7 N–H and O–H groups in total. The van der Waals surface area contributed by atoms with Gasteiger partial charge >= 0.3 is 11.9 Å². The number of aliphatic hydroxyl groups excluding tert-OH is 7. The monoisotopic (exact) mass is 1020 g/mol. The lowest BCUT2D eigenvalue weighted by molar-refractivity contribution is -0.332. The zero-order valence-electron chi connectivity index (χ0n) is 43.9. The van der Waals surface area contributed by atoms with Crippen molar-refractivity contribution < 1.29 is 73.8 Å². The quantitative estimate of drug-likeness (QED) is 0.0172. The van der Waals surface area contributed by atoms with Crippen molar-refractivity contribution >= 4 is 11.9 Å². The number of allylic oxidation sites excluding steroid dienone is 12. The fourth-order valence-electron chi connectivity index (χ4n) is 8.13. The van der Waals surface area contributed by atoms with Gasteiger partial charge in [0.15, 0.2) is 18.7 Å². The van der Waals surface area contributed by atoms with E-state index in [1.165, 1.54) is 83.5 Å². The van der Waals surface area contributed by atoms with Crippen molar-refractivity contribution in [1.29, 1.82) is 0 Å². The minimum absolute atomic E-state index is 0.0387. The normalized spacial score (nSPS) is 25.6. The maximum absolute atomic E-state index is 13.0. The van der Waals surface area contributed by atoms with Crippen LogP contribution in [0.1, 0.15) is 181 Å². The Balaban J connectivity index is 1.82. The van der Waals surface area contributed by atoms with E-state index in [1.54, 1.807) is 0 Å². The molecule has 72 heavy (non-hydrogen) atoms. The lowest BCUT2D eigenvalue weighted by atomic mass is 9.98. The van der Waals surface area contributed by atoms with Crippen LogP contribution in [-0.2, 0) is 38.0 Å². The van der Waals surface area contributed by atoms with Crippen LogP contribution in [0.5, 0.6) is 0 Å². The molecule has 2 heterocycles. The minimum atomic E-state index is -1.78. The van der Waals surface area contributed by atoms with Gasteiger partial charge in [0.25, 0.3) is 0 Å². The first-order chi connectivity index (χ1) is 35.0. The molecule has 0 spiro atoms. The van der Waals surface area contributed by atoms with Crippen molar-refractivity contribution in [1.82, 2.24) is 0 Å². The van der Waals surface area contributed by atoms with Crippen molar-refractivity contribution in [3.8, 4) is 0 Å². The molecular formula is C57H96O15. The van der Waals surface area contributed by atoms with Crippen LogP contribution >= 0.6 is 0 Å². The number of hydrogen-bond donors (Lipinski definition) is 7. The van der Waals surface area contributed by atoms with Crippen molar-refractivity contribution in [3.05, 3.63) is 72.9 Å². The zero-order chi connectivity index (χ0) is 52.4. The van der Waals surface area contributed by atoms with E-state index in [4.69, 9.17) is 28.4 Å².